The van der Waals surface area contributed by atoms with Crippen molar-refractivity contribution in [3.8, 4) is 0 Å². The van der Waals surface area contributed by atoms with Crippen LogP contribution in [0.2, 0.25) is 0 Å². The van der Waals surface area contributed by atoms with Crippen molar-refractivity contribution in [3.05, 3.63) is 60.2 Å². The van der Waals surface area contributed by atoms with Crippen molar-refractivity contribution in [2.24, 2.45) is 0 Å². The molecule has 102 valence electrons. The Morgan fingerprint density at radius 1 is 1.10 bits per heavy atom. The number of fused-ring (bicyclic) bond motifs is 1. The molecule has 0 saturated carbocycles. The van der Waals surface area contributed by atoms with Gasteiger partial charge in [0.2, 0.25) is 0 Å². The SMILES string of the molecule is O=C(OCc1ccccc1)N1CCNc2ccccc21. The highest BCUT2D eigenvalue weighted by Crippen LogP contribution is 2.28. The molecule has 1 aliphatic rings. The van der Waals surface area contributed by atoms with Gasteiger partial charge in [-0.15, -0.1) is 0 Å². The molecule has 4 heteroatoms. The Bertz CT molecular complexity index is 598. The van der Waals surface area contributed by atoms with Crippen LogP contribution >= 0.6 is 0 Å². The minimum atomic E-state index is -0.303. The van der Waals surface area contributed by atoms with Gasteiger partial charge in [-0.3, -0.25) is 4.90 Å². The molecule has 0 radical (unpaired) electrons. The van der Waals surface area contributed by atoms with E-state index in [2.05, 4.69) is 5.32 Å². The molecule has 0 saturated heterocycles. The summed E-state index contributed by atoms with van der Waals surface area (Å²) in [6, 6.07) is 17.5. The summed E-state index contributed by atoms with van der Waals surface area (Å²) in [7, 11) is 0. The molecular formula is C16H16N2O2. The summed E-state index contributed by atoms with van der Waals surface area (Å²) < 4.78 is 5.38. The second-order valence-corrected chi connectivity index (χ2v) is 4.64. The Balaban J connectivity index is 1.69. The Labute approximate surface area is 118 Å². The van der Waals surface area contributed by atoms with Gasteiger partial charge in [0.1, 0.15) is 6.61 Å². The molecular weight excluding hydrogens is 252 g/mol. The summed E-state index contributed by atoms with van der Waals surface area (Å²) in [5, 5.41) is 3.27. The van der Waals surface area contributed by atoms with Crippen LogP contribution in [-0.4, -0.2) is 19.2 Å². The normalized spacial score (nSPS) is 13.3. The highest BCUT2D eigenvalue weighted by atomic mass is 16.6. The van der Waals surface area contributed by atoms with Crippen molar-refractivity contribution in [1.29, 1.82) is 0 Å². The first-order chi connectivity index (χ1) is 9.84. The van der Waals surface area contributed by atoms with Crippen LogP contribution in [0.5, 0.6) is 0 Å². The highest BCUT2D eigenvalue weighted by molar-refractivity contribution is 5.93. The Kier molecular flexibility index (Phi) is 3.54. The van der Waals surface area contributed by atoms with Crippen molar-refractivity contribution >= 4 is 17.5 Å². The molecule has 0 unspecified atom stereocenters. The van der Waals surface area contributed by atoms with Gasteiger partial charge in [0.05, 0.1) is 11.4 Å². The van der Waals surface area contributed by atoms with E-state index in [1.165, 1.54) is 0 Å². The van der Waals surface area contributed by atoms with Gasteiger partial charge in [-0.25, -0.2) is 4.79 Å². The lowest BCUT2D eigenvalue weighted by Crippen LogP contribution is -2.39. The van der Waals surface area contributed by atoms with Gasteiger partial charge in [0.15, 0.2) is 0 Å². The van der Waals surface area contributed by atoms with E-state index >= 15 is 0 Å². The van der Waals surface area contributed by atoms with Crippen LogP contribution in [-0.2, 0) is 11.3 Å². The van der Waals surface area contributed by atoms with Crippen molar-refractivity contribution in [2.75, 3.05) is 23.3 Å². The summed E-state index contributed by atoms with van der Waals surface area (Å²) in [6.45, 7) is 1.65. The number of carbonyl (C=O) groups is 1. The number of ether oxygens (including phenoxy) is 1. The van der Waals surface area contributed by atoms with Crippen LogP contribution in [0.25, 0.3) is 0 Å². The Hall–Kier alpha value is -2.49. The average Bonchev–Trinajstić information content (AvgIpc) is 2.53. The molecule has 1 heterocycles. The van der Waals surface area contributed by atoms with Gasteiger partial charge in [-0.05, 0) is 17.7 Å². The third-order valence-corrected chi connectivity index (χ3v) is 3.27. The number of para-hydroxylation sites is 2. The van der Waals surface area contributed by atoms with Gasteiger partial charge >= 0.3 is 6.09 Å². The summed E-state index contributed by atoms with van der Waals surface area (Å²) in [5.41, 5.74) is 2.83. The molecule has 0 atom stereocenters. The van der Waals surface area contributed by atoms with Crippen LogP contribution < -0.4 is 10.2 Å². The number of hydrogen-bond donors (Lipinski definition) is 1. The standard InChI is InChI=1S/C16H16N2O2/c19-16(20-12-13-6-2-1-3-7-13)18-11-10-17-14-8-4-5-9-15(14)18/h1-9,17H,10-12H2. The fraction of sp³-hybridized carbons (Fsp3) is 0.188. The number of carbonyl (C=O) groups excluding carboxylic acids is 1. The van der Waals surface area contributed by atoms with E-state index in [-0.39, 0.29) is 6.09 Å². The van der Waals surface area contributed by atoms with Crippen molar-refractivity contribution in [1.82, 2.24) is 0 Å². The van der Waals surface area contributed by atoms with Crippen LogP contribution in [0.3, 0.4) is 0 Å². The number of nitrogens with zero attached hydrogens (tertiary/aromatic N) is 1. The van der Waals surface area contributed by atoms with Crippen LogP contribution in [0.15, 0.2) is 54.6 Å². The van der Waals surface area contributed by atoms with Gasteiger partial charge in [-0.2, -0.15) is 0 Å². The quantitative estimate of drug-likeness (QED) is 0.909. The molecule has 3 rings (SSSR count). The first-order valence-corrected chi connectivity index (χ1v) is 6.66. The fourth-order valence-corrected chi connectivity index (χ4v) is 2.27. The summed E-state index contributed by atoms with van der Waals surface area (Å²) in [6.07, 6.45) is -0.303. The maximum atomic E-state index is 12.2. The zero-order chi connectivity index (χ0) is 13.8. The molecule has 4 nitrogen and oxygen atoms in total. The third kappa shape index (κ3) is 2.59. The lowest BCUT2D eigenvalue weighted by molar-refractivity contribution is 0.147. The number of amides is 1. The Morgan fingerprint density at radius 3 is 2.70 bits per heavy atom. The molecule has 1 aliphatic heterocycles. The molecule has 0 fully saturated rings. The van der Waals surface area contributed by atoms with Crippen LogP contribution in [0, 0.1) is 0 Å². The minimum Gasteiger partial charge on any atom is -0.444 e. The van der Waals surface area contributed by atoms with E-state index in [1.807, 2.05) is 54.6 Å². The molecule has 20 heavy (non-hydrogen) atoms. The van der Waals surface area contributed by atoms with Crippen molar-refractivity contribution in [3.63, 3.8) is 0 Å². The molecule has 2 aromatic carbocycles. The number of nitrogens with one attached hydrogen (secondary N) is 1. The lowest BCUT2D eigenvalue weighted by Gasteiger charge is -2.29. The third-order valence-electron chi connectivity index (χ3n) is 3.27. The van der Waals surface area contributed by atoms with Crippen LogP contribution in [0.1, 0.15) is 5.56 Å². The number of rotatable bonds is 2. The van der Waals surface area contributed by atoms with Gasteiger partial charge in [0, 0.05) is 13.1 Å². The van der Waals surface area contributed by atoms with E-state index in [9.17, 15) is 4.79 Å². The molecule has 1 amide bonds. The van der Waals surface area contributed by atoms with Crippen molar-refractivity contribution < 1.29 is 9.53 Å². The van der Waals surface area contributed by atoms with E-state index in [0.717, 1.165) is 23.5 Å². The van der Waals surface area contributed by atoms with E-state index in [0.29, 0.717) is 13.2 Å². The lowest BCUT2D eigenvalue weighted by atomic mass is 10.2. The molecule has 0 aromatic heterocycles. The summed E-state index contributed by atoms with van der Waals surface area (Å²) >= 11 is 0. The Morgan fingerprint density at radius 2 is 1.85 bits per heavy atom. The highest BCUT2D eigenvalue weighted by Gasteiger charge is 2.22. The zero-order valence-corrected chi connectivity index (χ0v) is 11.1. The second-order valence-electron chi connectivity index (χ2n) is 4.64. The van der Waals surface area contributed by atoms with Gasteiger partial charge in [0.25, 0.3) is 0 Å². The van der Waals surface area contributed by atoms with Crippen LogP contribution in [0.4, 0.5) is 16.2 Å². The second kappa shape index (κ2) is 5.65. The average molecular weight is 268 g/mol. The molecule has 0 spiro atoms. The summed E-state index contributed by atoms with van der Waals surface area (Å²) in [5.74, 6) is 0. The van der Waals surface area contributed by atoms with Gasteiger partial charge in [-0.1, -0.05) is 42.5 Å². The molecule has 1 N–H and O–H groups in total. The topological polar surface area (TPSA) is 41.6 Å². The molecule has 2 aromatic rings. The number of benzene rings is 2. The predicted octanol–water partition coefficient (Wildman–Crippen LogP) is 3.26. The largest absolute Gasteiger partial charge is 0.444 e. The number of hydrogen-bond acceptors (Lipinski definition) is 3. The zero-order valence-electron chi connectivity index (χ0n) is 11.1. The molecule has 0 bridgehead atoms. The minimum absolute atomic E-state index is 0.297. The fourth-order valence-electron chi connectivity index (χ4n) is 2.27. The van der Waals surface area contributed by atoms with E-state index in [1.54, 1.807) is 4.90 Å². The molecule has 0 aliphatic carbocycles. The van der Waals surface area contributed by atoms with Gasteiger partial charge < -0.3 is 10.1 Å². The van der Waals surface area contributed by atoms with E-state index in [4.69, 9.17) is 4.74 Å². The van der Waals surface area contributed by atoms with E-state index < -0.39 is 0 Å². The number of anilines is 2. The maximum Gasteiger partial charge on any atom is 0.414 e. The van der Waals surface area contributed by atoms with Crippen molar-refractivity contribution in [2.45, 2.75) is 6.61 Å². The predicted molar refractivity (Wildman–Crippen MR) is 78.9 cm³/mol. The smallest absolute Gasteiger partial charge is 0.414 e. The first-order valence-electron chi connectivity index (χ1n) is 6.66. The maximum absolute atomic E-state index is 12.2. The summed E-state index contributed by atoms with van der Waals surface area (Å²) in [4.78, 5) is 13.9. The monoisotopic (exact) mass is 268 g/mol. The first kappa shape index (κ1) is 12.5.